The Morgan fingerprint density at radius 2 is 1.95 bits per heavy atom. The fraction of sp³-hybridized carbons (Fsp3) is 0.333. The van der Waals surface area contributed by atoms with Crippen molar-refractivity contribution in [3.05, 3.63) is 58.8 Å². The lowest BCUT2D eigenvalue weighted by Crippen LogP contribution is -2.18. The van der Waals surface area contributed by atoms with E-state index in [-0.39, 0.29) is 6.04 Å². The zero-order valence-corrected chi connectivity index (χ0v) is 12.9. The fourth-order valence-electron chi connectivity index (χ4n) is 2.42. The summed E-state index contributed by atoms with van der Waals surface area (Å²) in [6, 6.07) is 14.9. The van der Waals surface area contributed by atoms with Crippen LogP contribution in [-0.2, 0) is 6.42 Å². The maximum Gasteiger partial charge on any atom is 0.144 e. The van der Waals surface area contributed by atoms with Gasteiger partial charge >= 0.3 is 0 Å². The third-order valence-corrected chi connectivity index (χ3v) is 3.55. The molecule has 2 aromatic rings. The van der Waals surface area contributed by atoms with E-state index in [1.807, 2.05) is 26.0 Å². The number of aryl methyl sites for hydroxylation is 3. The summed E-state index contributed by atoms with van der Waals surface area (Å²) in [5.41, 5.74) is 3.89. The molecule has 3 nitrogen and oxygen atoms in total. The molecule has 0 aliphatic rings. The van der Waals surface area contributed by atoms with E-state index in [0.717, 1.165) is 24.1 Å². The van der Waals surface area contributed by atoms with Gasteiger partial charge in [-0.05, 0) is 50.8 Å². The van der Waals surface area contributed by atoms with Crippen molar-refractivity contribution in [3.8, 4) is 6.07 Å². The minimum atomic E-state index is 0.269. The Labute approximate surface area is 126 Å². The van der Waals surface area contributed by atoms with Gasteiger partial charge < -0.3 is 5.32 Å². The van der Waals surface area contributed by atoms with E-state index in [0.29, 0.717) is 11.4 Å². The van der Waals surface area contributed by atoms with Crippen molar-refractivity contribution in [2.24, 2.45) is 0 Å². The quantitative estimate of drug-likeness (QED) is 0.899. The first-order chi connectivity index (χ1) is 10.1. The van der Waals surface area contributed by atoms with Crippen LogP contribution in [0.4, 0.5) is 5.82 Å². The number of nitrogens with one attached hydrogen (secondary N) is 1. The molecule has 0 bridgehead atoms. The number of aromatic nitrogens is 1. The predicted octanol–water partition coefficient (Wildman–Crippen LogP) is 4.00. The lowest BCUT2D eigenvalue weighted by Gasteiger charge is -2.17. The number of benzene rings is 1. The van der Waals surface area contributed by atoms with E-state index in [1.165, 1.54) is 5.56 Å². The van der Waals surface area contributed by atoms with Crippen LogP contribution in [0.1, 0.15) is 35.7 Å². The molecule has 1 aromatic heterocycles. The van der Waals surface area contributed by atoms with Gasteiger partial charge in [0.05, 0.1) is 5.56 Å². The van der Waals surface area contributed by atoms with E-state index in [1.54, 1.807) is 0 Å². The molecule has 108 valence electrons. The lowest BCUT2D eigenvalue weighted by molar-refractivity contribution is 0.702. The molecule has 0 spiro atoms. The highest BCUT2D eigenvalue weighted by atomic mass is 15.0. The summed E-state index contributed by atoms with van der Waals surface area (Å²) in [4.78, 5) is 4.47. The molecule has 0 aliphatic carbocycles. The summed E-state index contributed by atoms with van der Waals surface area (Å²) < 4.78 is 0. The molecule has 0 aliphatic heterocycles. The Balaban J connectivity index is 2.03. The number of nitriles is 1. The summed E-state index contributed by atoms with van der Waals surface area (Å²) >= 11 is 0. The second-order valence-electron chi connectivity index (χ2n) is 5.49. The summed E-state index contributed by atoms with van der Waals surface area (Å²) in [5, 5.41) is 12.7. The minimum Gasteiger partial charge on any atom is -0.366 e. The molecule has 3 heteroatoms. The van der Waals surface area contributed by atoms with Gasteiger partial charge in [-0.2, -0.15) is 5.26 Å². The topological polar surface area (TPSA) is 48.7 Å². The van der Waals surface area contributed by atoms with Crippen molar-refractivity contribution in [3.63, 3.8) is 0 Å². The first kappa shape index (κ1) is 15.1. The first-order valence-electron chi connectivity index (χ1n) is 7.29. The number of anilines is 1. The Kier molecular flexibility index (Phi) is 4.94. The SMILES string of the molecule is Cc1cc(C)c(C#N)c(NC(C)CCc2ccccc2)n1. The summed E-state index contributed by atoms with van der Waals surface area (Å²) in [6.07, 6.45) is 2.02. The Morgan fingerprint density at radius 1 is 1.24 bits per heavy atom. The molecule has 1 atom stereocenters. The van der Waals surface area contributed by atoms with Crippen molar-refractivity contribution < 1.29 is 0 Å². The zero-order valence-electron chi connectivity index (χ0n) is 12.9. The highest BCUT2D eigenvalue weighted by Gasteiger charge is 2.11. The average molecular weight is 279 g/mol. The summed E-state index contributed by atoms with van der Waals surface area (Å²) in [6.45, 7) is 6.03. The average Bonchev–Trinajstić information content (AvgIpc) is 2.46. The second-order valence-corrected chi connectivity index (χ2v) is 5.49. The monoisotopic (exact) mass is 279 g/mol. The molecule has 1 N–H and O–H groups in total. The molecule has 1 heterocycles. The van der Waals surface area contributed by atoms with Gasteiger partial charge in [0.25, 0.3) is 0 Å². The van der Waals surface area contributed by atoms with Crippen molar-refractivity contribution in [1.82, 2.24) is 4.98 Å². The van der Waals surface area contributed by atoms with Crippen molar-refractivity contribution in [2.45, 2.75) is 39.7 Å². The number of rotatable bonds is 5. The van der Waals surface area contributed by atoms with Crippen LogP contribution in [0.5, 0.6) is 0 Å². The molecular formula is C18H21N3. The maximum atomic E-state index is 9.28. The summed E-state index contributed by atoms with van der Waals surface area (Å²) in [5.74, 6) is 0.704. The van der Waals surface area contributed by atoms with Crippen LogP contribution in [0.3, 0.4) is 0 Å². The first-order valence-corrected chi connectivity index (χ1v) is 7.29. The van der Waals surface area contributed by atoms with Crippen LogP contribution in [0, 0.1) is 25.2 Å². The molecular weight excluding hydrogens is 258 g/mol. The Bertz CT molecular complexity index is 642. The molecule has 2 rings (SSSR count). The molecule has 0 amide bonds. The lowest BCUT2D eigenvalue weighted by atomic mass is 10.1. The van der Waals surface area contributed by atoms with Crippen molar-refractivity contribution in [1.29, 1.82) is 5.26 Å². The smallest absolute Gasteiger partial charge is 0.144 e. The minimum absolute atomic E-state index is 0.269. The van der Waals surface area contributed by atoms with Gasteiger partial charge in [-0.15, -0.1) is 0 Å². The number of nitrogens with zero attached hydrogens (tertiary/aromatic N) is 2. The maximum absolute atomic E-state index is 9.28. The van der Waals surface area contributed by atoms with Crippen LogP contribution in [0.25, 0.3) is 0 Å². The van der Waals surface area contributed by atoms with Gasteiger partial charge in [-0.3, -0.25) is 0 Å². The number of hydrogen-bond acceptors (Lipinski definition) is 3. The van der Waals surface area contributed by atoms with Crippen molar-refractivity contribution in [2.75, 3.05) is 5.32 Å². The second kappa shape index (κ2) is 6.90. The van der Waals surface area contributed by atoms with E-state index < -0.39 is 0 Å². The van der Waals surface area contributed by atoms with Crippen molar-refractivity contribution >= 4 is 5.82 Å². The van der Waals surface area contributed by atoms with E-state index >= 15 is 0 Å². The number of pyridine rings is 1. The van der Waals surface area contributed by atoms with Crippen LogP contribution in [0.15, 0.2) is 36.4 Å². The molecule has 21 heavy (non-hydrogen) atoms. The Hall–Kier alpha value is -2.34. The van der Waals surface area contributed by atoms with Gasteiger partial charge in [0.1, 0.15) is 11.9 Å². The molecule has 0 saturated heterocycles. The van der Waals surface area contributed by atoms with Gasteiger partial charge in [-0.1, -0.05) is 30.3 Å². The molecule has 1 aromatic carbocycles. The normalized spacial score (nSPS) is 11.7. The predicted molar refractivity (Wildman–Crippen MR) is 86.3 cm³/mol. The van der Waals surface area contributed by atoms with Crippen LogP contribution >= 0.6 is 0 Å². The summed E-state index contributed by atoms with van der Waals surface area (Å²) in [7, 11) is 0. The largest absolute Gasteiger partial charge is 0.366 e. The highest BCUT2D eigenvalue weighted by molar-refractivity contribution is 5.56. The van der Waals surface area contributed by atoms with E-state index in [2.05, 4.69) is 47.6 Å². The highest BCUT2D eigenvalue weighted by Crippen LogP contribution is 2.19. The standard InChI is InChI=1S/C18H21N3/c1-13-11-15(3)21-18(17(13)12-19)20-14(2)9-10-16-7-5-4-6-8-16/h4-8,11,14H,9-10H2,1-3H3,(H,20,21). The van der Waals surface area contributed by atoms with Gasteiger partial charge in [-0.25, -0.2) is 4.98 Å². The van der Waals surface area contributed by atoms with E-state index in [4.69, 9.17) is 0 Å². The zero-order chi connectivity index (χ0) is 15.2. The van der Waals surface area contributed by atoms with Crippen LogP contribution in [0.2, 0.25) is 0 Å². The molecule has 0 saturated carbocycles. The third kappa shape index (κ3) is 4.06. The van der Waals surface area contributed by atoms with Gasteiger partial charge in [0, 0.05) is 11.7 Å². The Morgan fingerprint density at radius 3 is 2.62 bits per heavy atom. The van der Waals surface area contributed by atoms with Crippen LogP contribution in [-0.4, -0.2) is 11.0 Å². The number of hydrogen-bond donors (Lipinski definition) is 1. The van der Waals surface area contributed by atoms with Gasteiger partial charge in [0.15, 0.2) is 0 Å². The fourth-order valence-corrected chi connectivity index (χ4v) is 2.42. The van der Waals surface area contributed by atoms with E-state index in [9.17, 15) is 5.26 Å². The molecule has 0 radical (unpaired) electrons. The molecule has 0 fully saturated rings. The van der Waals surface area contributed by atoms with Crippen LogP contribution < -0.4 is 5.32 Å². The third-order valence-electron chi connectivity index (χ3n) is 3.55. The molecule has 1 unspecified atom stereocenters. The van der Waals surface area contributed by atoms with Gasteiger partial charge in [0.2, 0.25) is 0 Å².